The van der Waals surface area contributed by atoms with E-state index in [2.05, 4.69) is 0 Å². The van der Waals surface area contributed by atoms with E-state index in [-0.39, 0.29) is 32.8 Å². The Balaban J connectivity index is 2.16. The predicted molar refractivity (Wildman–Crippen MR) is 140 cm³/mol. The van der Waals surface area contributed by atoms with Crippen LogP contribution < -0.4 is 30.0 Å². The molecule has 37 heavy (non-hydrogen) atoms. The Kier molecular flexibility index (Phi) is 7.49. The van der Waals surface area contributed by atoms with Crippen molar-refractivity contribution in [2.45, 2.75) is 12.8 Å². The minimum Gasteiger partial charge on any atom is -0.496 e. The number of carbonyl (C=O) groups excluding carboxylic acids is 2. The molecule has 1 aliphatic rings. The van der Waals surface area contributed by atoms with Gasteiger partial charge in [0.25, 0.3) is 5.56 Å². The summed E-state index contributed by atoms with van der Waals surface area (Å²) in [4.78, 5) is 40.1. The molecule has 0 saturated heterocycles. The van der Waals surface area contributed by atoms with Gasteiger partial charge in [-0.15, -0.1) is 11.3 Å². The topological polar surface area (TPSA) is 119 Å². The second-order valence-electron chi connectivity index (χ2n) is 7.90. The molecular weight excluding hydrogens is 496 g/mol. The number of rotatable bonds is 7. The van der Waals surface area contributed by atoms with Crippen LogP contribution in [-0.4, -0.2) is 44.4 Å². The molecule has 2 aromatic carbocycles. The molecule has 9 nitrogen and oxygen atoms in total. The Morgan fingerprint density at radius 3 is 2.27 bits per heavy atom. The molecule has 1 atom stereocenters. The first-order valence-electron chi connectivity index (χ1n) is 11.4. The van der Waals surface area contributed by atoms with Crippen molar-refractivity contribution in [2.75, 3.05) is 27.9 Å². The SMILES string of the molecule is CCOC(=O)C1=c2s/c(=C/c3ccccc3OC)c(=O)n2C(N)=C(C(=O)OC)[C@H]1c1ccccc1OC. The predicted octanol–water partition coefficient (Wildman–Crippen LogP) is 1.57. The number of para-hydroxylation sites is 2. The lowest BCUT2D eigenvalue weighted by Gasteiger charge is -2.27. The first-order chi connectivity index (χ1) is 17.9. The van der Waals surface area contributed by atoms with E-state index >= 15 is 0 Å². The van der Waals surface area contributed by atoms with Gasteiger partial charge < -0.3 is 24.7 Å². The van der Waals surface area contributed by atoms with Gasteiger partial charge in [-0.05, 0) is 25.1 Å². The molecule has 2 N–H and O–H groups in total. The lowest BCUT2D eigenvalue weighted by atomic mass is 9.82. The molecule has 0 aliphatic carbocycles. The minimum absolute atomic E-state index is 0.0636. The number of methoxy groups -OCH3 is 3. The van der Waals surface area contributed by atoms with Gasteiger partial charge >= 0.3 is 11.9 Å². The van der Waals surface area contributed by atoms with Crippen molar-refractivity contribution in [1.82, 2.24) is 4.57 Å². The van der Waals surface area contributed by atoms with Crippen LogP contribution in [0.4, 0.5) is 0 Å². The van der Waals surface area contributed by atoms with Gasteiger partial charge in [0.1, 0.15) is 22.0 Å². The van der Waals surface area contributed by atoms with E-state index in [1.165, 1.54) is 21.3 Å². The van der Waals surface area contributed by atoms with Crippen molar-refractivity contribution < 1.29 is 28.5 Å². The fourth-order valence-corrected chi connectivity index (χ4v) is 5.46. The number of benzene rings is 2. The summed E-state index contributed by atoms with van der Waals surface area (Å²) in [5, 5.41) is 0. The number of ether oxygens (including phenoxy) is 4. The number of hydrogen-bond donors (Lipinski definition) is 1. The smallest absolute Gasteiger partial charge is 0.338 e. The fraction of sp³-hybridized carbons (Fsp3) is 0.222. The number of thiazole rings is 1. The molecule has 0 fully saturated rings. The Morgan fingerprint density at radius 1 is 0.973 bits per heavy atom. The fourth-order valence-electron chi connectivity index (χ4n) is 4.31. The normalized spacial score (nSPS) is 15.3. The van der Waals surface area contributed by atoms with Crippen LogP contribution in [0.15, 0.2) is 58.9 Å². The van der Waals surface area contributed by atoms with E-state index in [0.29, 0.717) is 22.6 Å². The summed E-state index contributed by atoms with van der Waals surface area (Å²) < 4.78 is 23.1. The highest BCUT2D eigenvalue weighted by Crippen LogP contribution is 2.41. The summed E-state index contributed by atoms with van der Waals surface area (Å²) in [6, 6.07) is 14.2. The molecular formula is C27H26N2O7S. The number of hydrogen-bond acceptors (Lipinski definition) is 9. The molecule has 1 aromatic heterocycles. The maximum absolute atomic E-state index is 13.6. The van der Waals surface area contributed by atoms with Crippen molar-refractivity contribution in [2.24, 2.45) is 5.73 Å². The Labute approximate surface area is 216 Å². The molecule has 0 bridgehead atoms. The molecule has 0 amide bonds. The van der Waals surface area contributed by atoms with Gasteiger partial charge in [0.05, 0.1) is 49.5 Å². The molecule has 1 aliphatic heterocycles. The number of aromatic nitrogens is 1. The second kappa shape index (κ2) is 10.8. The van der Waals surface area contributed by atoms with Crippen LogP contribution in [0.25, 0.3) is 17.5 Å². The number of esters is 2. The van der Waals surface area contributed by atoms with E-state index in [9.17, 15) is 14.4 Å². The van der Waals surface area contributed by atoms with Crippen LogP contribution in [-0.2, 0) is 19.1 Å². The van der Waals surface area contributed by atoms with E-state index in [0.717, 1.165) is 15.9 Å². The molecule has 0 radical (unpaired) electrons. The molecule has 0 unspecified atom stereocenters. The molecule has 192 valence electrons. The van der Waals surface area contributed by atoms with Crippen LogP contribution >= 0.6 is 11.3 Å². The number of nitrogens with zero attached hydrogens (tertiary/aromatic N) is 1. The summed E-state index contributed by atoms with van der Waals surface area (Å²) in [6.07, 6.45) is 1.66. The van der Waals surface area contributed by atoms with E-state index in [1.54, 1.807) is 49.4 Å². The van der Waals surface area contributed by atoms with Gasteiger partial charge in [-0.3, -0.25) is 9.36 Å². The Morgan fingerprint density at radius 2 is 1.62 bits per heavy atom. The van der Waals surface area contributed by atoms with E-state index < -0.39 is 23.4 Å². The number of nitrogens with two attached hydrogens (primary N) is 1. The highest BCUT2D eigenvalue weighted by atomic mass is 32.1. The zero-order chi connectivity index (χ0) is 26.7. The Hall–Kier alpha value is -4.31. The van der Waals surface area contributed by atoms with Crippen molar-refractivity contribution in [3.8, 4) is 11.5 Å². The highest BCUT2D eigenvalue weighted by Gasteiger charge is 2.41. The van der Waals surface area contributed by atoms with E-state index in [4.69, 9.17) is 24.7 Å². The van der Waals surface area contributed by atoms with Crippen molar-refractivity contribution in [3.05, 3.63) is 84.8 Å². The zero-order valence-electron chi connectivity index (χ0n) is 20.8. The molecule has 10 heteroatoms. The third kappa shape index (κ3) is 4.51. The van der Waals surface area contributed by atoms with Crippen LogP contribution in [0.2, 0.25) is 0 Å². The average Bonchev–Trinajstić information content (AvgIpc) is 3.23. The summed E-state index contributed by atoms with van der Waals surface area (Å²) in [5.74, 6) is -1.61. The van der Waals surface area contributed by atoms with Gasteiger partial charge in [-0.1, -0.05) is 36.4 Å². The molecule has 0 spiro atoms. The third-order valence-corrected chi connectivity index (χ3v) is 7.03. The van der Waals surface area contributed by atoms with Crippen LogP contribution in [0.5, 0.6) is 11.5 Å². The summed E-state index contributed by atoms with van der Waals surface area (Å²) in [6.45, 7) is 1.76. The molecule has 0 saturated carbocycles. The maximum atomic E-state index is 13.6. The molecule has 2 heterocycles. The second-order valence-corrected chi connectivity index (χ2v) is 8.93. The number of fused-ring (bicyclic) bond motifs is 1. The minimum atomic E-state index is -1.00. The lowest BCUT2D eigenvalue weighted by Crippen LogP contribution is -2.41. The monoisotopic (exact) mass is 522 g/mol. The average molecular weight is 523 g/mol. The zero-order valence-corrected chi connectivity index (χ0v) is 21.6. The first-order valence-corrected chi connectivity index (χ1v) is 12.2. The largest absolute Gasteiger partial charge is 0.496 e. The van der Waals surface area contributed by atoms with Crippen molar-refractivity contribution in [3.63, 3.8) is 0 Å². The van der Waals surface area contributed by atoms with Crippen LogP contribution in [0.3, 0.4) is 0 Å². The first kappa shape index (κ1) is 25.8. The maximum Gasteiger partial charge on any atom is 0.338 e. The van der Waals surface area contributed by atoms with E-state index in [1.807, 2.05) is 12.1 Å². The molecule has 4 rings (SSSR count). The lowest BCUT2D eigenvalue weighted by molar-refractivity contribution is -0.136. The van der Waals surface area contributed by atoms with Gasteiger partial charge in [0.15, 0.2) is 0 Å². The van der Waals surface area contributed by atoms with Gasteiger partial charge in [-0.2, -0.15) is 0 Å². The van der Waals surface area contributed by atoms with Gasteiger partial charge in [-0.25, -0.2) is 9.59 Å². The standard InChI is InChI=1S/C27H26N2O7S/c1-5-36-27(32)22-20(16-11-7-9-13-18(16)34-3)21(26(31)35-4)23(28)29-24(30)19(37-25(22)29)14-15-10-6-8-12-17(15)33-2/h6-14,20H,5,28H2,1-4H3/b19-14+/t20-/m1/s1. The van der Waals surface area contributed by atoms with Crippen molar-refractivity contribution >= 4 is 40.7 Å². The summed E-state index contributed by atoms with van der Waals surface area (Å²) in [7, 11) is 4.23. The highest BCUT2D eigenvalue weighted by molar-refractivity contribution is 7.07. The van der Waals surface area contributed by atoms with Crippen LogP contribution in [0, 0.1) is 0 Å². The van der Waals surface area contributed by atoms with Gasteiger partial charge in [0.2, 0.25) is 0 Å². The third-order valence-electron chi connectivity index (χ3n) is 5.92. The quantitative estimate of drug-likeness (QED) is 0.465. The van der Waals surface area contributed by atoms with Crippen molar-refractivity contribution in [1.29, 1.82) is 0 Å². The van der Waals surface area contributed by atoms with Crippen LogP contribution in [0.1, 0.15) is 24.0 Å². The summed E-state index contributed by atoms with van der Waals surface area (Å²) in [5.41, 5.74) is 7.18. The number of carbonyl (C=O) groups is 2. The summed E-state index contributed by atoms with van der Waals surface area (Å²) >= 11 is 1.07. The molecule has 3 aromatic rings. The van der Waals surface area contributed by atoms with Gasteiger partial charge in [0, 0.05) is 11.1 Å². The Bertz CT molecular complexity index is 1580.